The highest BCUT2D eigenvalue weighted by atomic mass is 35.5. The lowest BCUT2D eigenvalue weighted by atomic mass is 10.1. The van der Waals surface area contributed by atoms with Gasteiger partial charge in [0, 0.05) is 23.0 Å². The van der Waals surface area contributed by atoms with Crippen LogP contribution in [0.3, 0.4) is 0 Å². The maximum atomic E-state index is 13.2. The van der Waals surface area contributed by atoms with Gasteiger partial charge in [0.05, 0.1) is 16.6 Å². The number of hydrogen-bond acceptors (Lipinski definition) is 4. The molecule has 1 amide bonds. The van der Waals surface area contributed by atoms with Gasteiger partial charge in [0.15, 0.2) is 0 Å². The van der Waals surface area contributed by atoms with Gasteiger partial charge in [-0.1, -0.05) is 59.8 Å². The fourth-order valence-electron chi connectivity index (χ4n) is 3.94. The number of carbonyl (C=O) groups is 1. The highest BCUT2D eigenvalue weighted by molar-refractivity contribution is 6.42. The lowest BCUT2D eigenvalue weighted by Crippen LogP contribution is -2.38. The predicted octanol–water partition coefficient (Wildman–Crippen LogP) is 6.60. The molecule has 0 spiro atoms. The van der Waals surface area contributed by atoms with Gasteiger partial charge >= 0.3 is 0 Å². The molecule has 1 aliphatic carbocycles. The van der Waals surface area contributed by atoms with Crippen molar-refractivity contribution in [2.24, 2.45) is 0 Å². The minimum atomic E-state index is 0.0502. The lowest BCUT2D eigenvalue weighted by molar-refractivity contribution is -0.134. The van der Waals surface area contributed by atoms with Crippen LogP contribution < -0.4 is 0 Å². The molecule has 1 heterocycles. The normalized spacial score (nSPS) is 14.2. The van der Waals surface area contributed by atoms with E-state index >= 15 is 0 Å². The second-order valence-corrected chi connectivity index (χ2v) is 8.90. The van der Waals surface area contributed by atoms with E-state index < -0.39 is 0 Å². The van der Waals surface area contributed by atoms with Crippen molar-refractivity contribution >= 4 is 40.7 Å². The lowest BCUT2D eigenvalue weighted by Gasteiger charge is -2.28. The van der Waals surface area contributed by atoms with Crippen molar-refractivity contribution in [2.45, 2.75) is 51.1 Å². The van der Waals surface area contributed by atoms with E-state index in [0.717, 1.165) is 36.8 Å². The van der Waals surface area contributed by atoms with Crippen molar-refractivity contribution in [2.75, 3.05) is 0 Å². The molecule has 0 N–H and O–H groups in total. The number of hydrogen-bond donors (Lipinski definition) is 0. The number of aromatic nitrogens is 2. The zero-order valence-electron chi connectivity index (χ0n) is 16.9. The summed E-state index contributed by atoms with van der Waals surface area (Å²) in [5.41, 5.74) is 1.66. The highest BCUT2D eigenvalue weighted by Crippen LogP contribution is 2.29. The SMILES string of the molecule is O=C(CCc1cccc(Cl)c1Cl)N(Cc1nnc(-c2ccc(Cl)cc2)o1)C1CCCC1. The smallest absolute Gasteiger partial charge is 0.247 e. The molecular formula is C23H22Cl3N3O2. The van der Waals surface area contributed by atoms with Crippen LogP contribution in [0.4, 0.5) is 0 Å². The first-order valence-electron chi connectivity index (χ1n) is 10.3. The van der Waals surface area contributed by atoms with Gasteiger partial charge in [0.25, 0.3) is 0 Å². The van der Waals surface area contributed by atoms with Crippen molar-refractivity contribution in [1.82, 2.24) is 15.1 Å². The van der Waals surface area contributed by atoms with Crippen LogP contribution in [-0.4, -0.2) is 27.0 Å². The van der Waals surface area contributed by atoms with Crippen LogP contribution in [0.2, 0.25) is 15.1 Å². The molecule has 3 aromatic rings. The third-order valence-corrected chi connectivity index (χ3v) is 6.70. The minimum Gasteiger partial charge on any atom is -0.419 e. The summed E-state index contributed by atoms with van der Waals surface area (Å²) in [5.74, 6) is 0.886. The van der Waals surface area contributed by atoms with Crippen LogP contribution >= 0.6 is 34.8 Å². The molecule has 2 aromatic carbocycles. The van der Waals surface area contributed by atoms with Gasteiger partial charge in [-0.2, -0.15) is 0 Å². The van der Waals surface area contributed by atoms with Gasteiger partial charge < -0.3 is 9.32 Å². The first-order chi connectivity index (χ1) is 15.0. The number of amides is 1. The van der Waals surface area contributed by atoms with Crippen LogP contribution in [0.1, 0.15) is 43.6 Å². The first kappa shape index (κ1) is 22.1. The van der Waals surface area contributed by atoms with Crippen molar-refractivity contribution in [3.8, 4) is 11.5 Å². The molecule has 1 fully saturated rings. The van der Waals surface area contributed by atoms with Gasteiger partial charge in [-0.05, 0) is 55.2 Å². The Morgan fingerprint density at radius 3 is 2.52 bits per heavy atom. The molecule has 4 rings (SSSR count). The Labute approximate surface area is 196 Å². The average molecular weight is 479 g/mol. The van der Waals surface area contributed by atoms with Crippen molar-refractivity contribution in [3.63, 3.8) is 0 Å². The van der Waals surface area contributed by atoms with Crippen LogP contribution in [0.5, 0.6) is 0 Å². The molecule has 0 atom stereocenters. The molecule has 1 aliphatic rings. The molecule has 1 aromatic heterocycles. The third kappa shape index (κ3) is 5.40. The molecule has 5 nitrogen and oxygen atoms in total. The Kier molecular flexibility index (Phi) is 7.16. The van der Waals surface area contributed by atoms with Crippen LogP contribution in [0.25, 0.3) is 11.5 Å². The summed E-state index contributed by atoms with van der Waals surface area (Å²) in [4.78, 5) is 15.0. The van der Waals surface area contributed by atoms with Gasteiger partial charge in [-0.3, -0.25) is 4.79 Å². The van der Waals surface area contributed by atoms with E-state index in [9.17, 15) is 4.79 Å². The molecule has 0 unspecified atom stereocenters. The second-order valence-electron chi connectivity index (χ2n) is 7.68. The summed E-state index contributed by atoms with van der Waals surface area (Å²) in [7, 11) is 0. The van der Waals surface area contributed by atoms with E-state index in [4.69, 9.17) is 39.2 Å². The zero-order valence-corrected chi connectivity index (χ0v) is 19.1. The Morgan fingerprint density at radius 1 is 1.03 bits per heavy atom. The number of rotatable bonds is 7. The average Bonchev–Trinajstić information content (AvgIpc) is 3.46. The summed E-state index contributed by atoms with van der Waals surface area (Å²) in [6, 6.07) is 12.9. The Bertz CT molecular complexity index is 1050. The quantitative estimate of drug-likeness (QED) is 0.384. The van der Waals surface area contributed by atoms with Gasteiger partial charge in [0.2, 0.25) is 17.7 Å². The number of nitrogens with zero attached hydrogens (tertiary/aromatic N) is 3. The van der Waals surface area contributed by atoms with E-state index in [-0.39, 0.29) is 11.9 Å². The van der Waals surface area contributed by atoms with Crippen molar-refractivity contribution in [3.05, 3.63) is 69.0 Å². The van der Waals surface area contributed by atoms with Gasteiger partial charge in [-0.15, -0.1) is 10.2 Å². The van der Waals surface area contributed by atoms with Crippen LogP contribution in [0, 0.1) is 0 Å². The van der Waals surface area contributed by atoms with Crippen molar-refractivity contribution in [1.29, 1.82) is 0 Å². The monoisotopic (exact) mass is 477 g/mol. The summed E-state index contributed by atoms with van der Waals surface area (Å²) in [5, 5.41) is 9.96. The van der Waals surface area contributed by atoms with Crippen LogP contribution in [0.15, 0.2) is 46.9 Å². The maximum absolute atomic E-state index is 13.2. The number of carbonyl (C=O) groups excluding carboxylic acids is 1. The van der Waals surface area contributed by atoms with Crippen LogP contribution in [-0.2, 0) is 17.8 Å². The number of aryl methyl sites for hydroxylation is 1. The summed E-state index contributed by atoms with van der Waals surface area (Å²) >= 11 is 18.3. The second kappa shape index (κ2) is 10.0. The molecule has 162 valence electrons. The molecule has 0 saturated heterocycles. The largest absolute Gasteiger partial charge is 0.419 e. The van der Waals surface area contributed by atoms with E-state index in [1.165, 1.54) is 0 Å². The highest BCUT2D eigenvalue weighted by Gasteiger charge is 2.28. The first-order valence-corrected chi connectivity index (χ1v) is 11.5. The number of halogens is 3. The fraction of sp³-hybridized carbons (Fsp3) is 0.348. The molecule has 8 heteroatoms. The third-order valence-electron chi connectivity index (χ3n) is 5.59. The summed E-state index contributed by atoms with van der Waals surface area (Å²) < 4.78 is 5.85. The molecule has 1 saturated carbocycles. The van der Waals surface area contributed by atoms with Gasteiger partial charge in [0.1, 0.15) is 0 Å². The minimum absolute atomic E-state index is 0.0502. The van der Waals surface area contributed by atoms with Crippen molar-refractivity contribution < 1.29 is 9.21 Å². The summed E-state index contributed by atoms with van der Waals surface area (Å²) in [6.07, 6.45) is 5.09. The van der Waals surface area contributed by atoms with E-state index in [1.54, 1.807) is 18.2 Å². The van der Waals surface area contributed by atoms with Gasteiger partial charge in [-0.25, -0.2) is 0 Å². The standard InChI is InChI=1S/C23H22Cl3N3O2/c24-17-11-8-16(9-12-17)23-28-27-20(31-23)14-29(18-5-1-2-6-18)21(30)13-10-15-4-3-7-19(25)22(15)26/h3-4,7-9,11-12,18H,1-2,5-6,10,13-14H2. The van der Waals surface area contributed by atoms with E-state index in [1.807, 2.05) is 29.2 Å². The molecule has 31 heavy (non-hydrogen) atoms. The number of benzene rings is 2. The Balaban J connectivity index is 1.47. The summed E-state index contributed by atoms with van der Waals surface area (Å²) in [6.45, 7) is 0.299. The topological polar surface area (TPSA) is 59.2 Å². The fourth-order valence-corrected chi connectivity index (χ4v) is 4.48. The maximum Gasteiger partial charge on any atom is 0.247 e. The molecule has 0 bridgehead atoms. The zero-order chi connectivity index (χ0) is 21.8. The molecular weight excluding hydrogens is 457 g/mol. The Morgan fingerprint density at radius 2 is 1.77 bits per heavy atom. The Hall–Kier alpha value is -2.08. The van der Waals surface area contributed by atoms with E-state index in [2.05, 4.69) is 10.2 Å². The van der Waals surface area contributed by atoms with E-state index in [0.29, 0.717) is 46.2 Å². The molecule has 0 aliphatic heterocycles. The predicted molar refractivity (Wildman–Crippen MR) is 122 cm³/mol. The molecule has 0 radical (unpaired) electrons.